The van der Waals surface area contributed by atoms with Crippen LogP contribution in [-0.4, -0.2) is 71.6 Å². The first-order valence-corrected chi connectivity index (χ1v) is 14.1. The Labute approximate surface area is 253 Å². The Bertz CT molecular complexity index is 1470. The number of likely N-dealkylation sites (N-methyl/N-ethyl adjacent to an activating group) is 1. The van der Waals surface area contributed by atoms with E-state index < -0.39 is 29.9 Å². The Morgan fingerprint density at radius 3 is 2.34 bits per heavy atom. The zero-order chi connectivity index (χ0) is 32.0. The van der Waals surface area contributed by atoms with Gasteiger partial charge in [0.15, 0.2) is 0 Å². The van der Waals surface area contributed by atoms with Gasteiger partial charge in [0.05, 0.1) is 36.7 Å². The van der Waals surface area contributed by atoms with E-state index >= 15 is 0 Å². The number of benzene rings is 3. The maximum absolute atomic E-state index is 13.7. The van der Waals surface area contributed by atoms with Crippen LogP contribution in [0.25, 0.3) is 0 Å². The Morgan fingerprint density at radius 1 is 1.05 bits per heavy atom. The van der Waals surface area contributed by atoms with E-state index in [2.05, 4.69) is 10.6 Å². The van der Waals surface area contributed by atoms with Crippen molar-refractivity contribution < 1.29 is 37.4 Å². The van der Waals surface area contributed by atoms with Gasteiger partial charge < -0.3 is 30.3 Å². The second-order valence-corrected chi connectivity index (χ2v) is 10.9. The molecule has 1 aliphatic heterocycles. The molecule has 0 bridgehead atoms. The quantitative estimate of drug-likeness (QED) is 0.321. The summed E-state index contributed by atoms with van der Waals surface area (Å²) in [5.74, 6) is -0.672. The number of rotatable bonds is 8. The smallest absolute Gasteiger partial charge is 0.416 e. The van der Waals surface area contributed by atoms with E-state index in [0.717, 1.165) is 17.7 Å². The summed E-state index contributed by atoms with van der Waals surface area (Å²) in [5.41, 5.74) is 0.798. The number of hydrogen-bond acceptors (Lipinski definition) is 5. The monoisotopic (exact) mass is 612 g/mol. The largest absolute Gasteiger partial charge is 0.487 e. The summed E-state index contributed by atoms with van der Waals surface area (Å²) in [4.78, 5) is 42.2. The number of anilines is 2. The molecule has 0 aromatic heterocycles. The molecule has 1 aliphatic rings. The van der Waals surface area contributed by atoms with Crippen LogP contribution < -0.4 is 15.4 Å². The number of aliphatic hydroxyl groups excluding tert-OH is 1. The number of aliphatic hydroxyl groups is 1. The number of carbonyl (C=O) groups excluding carboxylic acids is 3. The minimum absolute atomic E-state index is 0.0815. The van der Waals surface area contributed by atoms with Crippen molar-refractivity contribution in [2.45, 2.75) is 38.6 Å². The maximum atomic E-state index is 13.7. The molecule has 4 rings (SSSR count). The Balaban J connectivity index is 1.52. The van der Waals surface area contributed by atoms with Gasteiger partial charge in [-0.1, -0.05) is 37.3 Å². The highest BCUT2D eigenvalue weighted by atomic mass is 19.4. The molecule has 0 fully saturated rings. The molecule has 9 nitrogen and oxygen atoms in total. The predicted molar refractivity (Wildman–Crippen MR) is 159 cm³/mol. The summed E-state index contributed by atoms with van der Waals surface area (Å²) in [7, 11) is 1.53. The fourth-order valence-electron chi connectivity index (χ4n) is 4.82. The van der Waals surface area contributed by atoms with Crippen LogP contribution in [0.2, 0.25) is 0 Å². The van der Waals surface area contributed by atoms with Gasteiger partial charge in [-0.05, 0) is 55.0 Å². The fourth-order valence-corrected chi connectivity index (χ4v) is 4.82. The van der Waals surface area contributed by atoms with Gasteiger partial charge in [-0.25, -0.2) is 4.79 Å². The summed E-state index contributed by atoms with van der Waals surface area (Å²) in [6.45, 7) is 3.60. The molecule has 1 heterocycles. The predicted octanol–water partition coefficient (Wildman–Crippen LogP) is 5.27. The molecule has 12 heteroatoms. The first-order valence-electron chi connectivity index (χ1n) is 14.1. The highest BCUT2D eigenvalue weighted by molar-refractivity contribution is 6.00. The summed E-state index contributed by atoms with van der Waals surface area (Å²) in [6.07, 6.45) is -4.94. The van der Waals surface area contributed by atoms with Crippen LogP contribution in [0.3, 0.4) is 0 Å². The second kappa shape index (κ2) is 13.8. The molecular weight excluding hydrogens is 577 g/mol. The fraction of sp³-hybridized carbons (Fsp3) is 0.344. The lowest BCUT2D eigenvalue weighted by molar-refractivity contribution is -0.137. The number of ether oxygens (including phenoxy) is 1. The zero-order valence-electron chi connectivity index (χ0n) is 24.6. The Kier molecular flexibility index (Phi) is 10.1. The average molecular weight is 613 g/mol. The molecule has 44 heavy (non-hydrogen) atoms. The summed E-state index contributed by atoms with van der Waals surface area (Å²) < 4.78 is 45.0. The van der Waals surface area contributed by atoms with Gasteiger partial charge in [-0.2, -0.15) is 13.2 Å². The van der Waals surface area contributed by atoms with Crippen LogP contribution in [0, 0.1) is 5.92 Å². The zero-order valence-corrected chi connectivity index (χ0v) is 24.6. The Hall–Kier alpha value is -4.58. The van der Waals surface area contributed by atoms with Crippen LogP contribution in [-0.2, 0) is 17.4 Å². The van der Waals surface area contributed by atoms with Crippen LogP contribution >= 0.6 is 0 Å². The van der Waals surface area contributed by atoms with Crippen LogP contribution in [0.15, 0.2) is 72.8 Å². The summed E-state index contributed by atoms with van der Waals surface area (Å²) in [6, 6.07) is 17.0. The highest BCUT2D eigenvalue weighted by Gasteiger charge is 2.34. The molecule has 0 saturated carbocycles. The van der Waals surface area contributed by atoms with Crippen molar-refractivity contribution in [2.75, 3.05) is 37.4 Å². The van der Waals surface area contributed by atoms with E-state index in [1.807, 2.05) is 37.3 Å². The van der Waals surface area contributed by atoms with Crippen LogP contribution in [0.4, 0.5) is 29.3 Å². The van der Waals surface area contributed by atoms with Crippen LogP contribution in [0.1, 0.15) is 35.3 Å². The van der Waals surface area contributed by atoms with Gasteiger partial charge in [-0.3, -0.25) is 9.59 Å². The molecule has 234 valence electrons. The standard InChI is InChI=1S/C32H35F3N4O5/c1-20-17-39(21(2)19-40)30(42)26-16-25(36-29(41)15-22-7-5-4-6-8-22)13-14-27(26)44-28(20)18-38(3)31(43)37-24-11-9-23(10-12-24)32(33,34)35/h4-14,16,20-21,28,40H,15,17-19H2,1-3H3,(H,36,41)(H,37,43)/t20-,21+,28+/m1/s1. The van der Waals surface area contributed by atoms with Crippen molar-refractivity contribution in [3.05, 3.63) is 89.5 Å². The van der Waals surface area contributed by atoms with Crippen molar-refractivity contribution >= 4 is 29.2 Å². The van der Waals surface area contributed by atoms with Crippen LogP contribution in [0.5, 0.6) is 5.75 Å². The van der Waals surface area contributed by atoms with Gasteiger partial charge in [0.1, 0.15) is 11.9 Å². The molecule has 3 aromatic carbocycles. The lowest BCUT2D eigenvalue weighted by Gasteiger charge is -2.38. The van der Waals surface area contributed by atoms with Gasteiger partial charge >= 0.3 is 12.2 Å². The number of amides is 4. The van der Waals surface area contributed by atoms with E-state index in [9.17, 15) is 32.7 Å². The van der Waals surface area contributed by atoms with E-state index in [4.69, 9.17) is 4.74 Å². The number of hydrogen-bond donors (Lipinski definition) is 3. The highest BCUT2D eigenvalue weighted by Crippen LogP contribution is 2.32. The van der Waals surface area contributed by atoms with Crippen molar-refractivity contribution in [1.29, 1.82) is 0 Å². The first-order chi connectivity index (χ1) is 20.8. The van der Waals surface area contributed by atoms with E-state index in [1.165, 1.54) is 35.0 Å². The van der Waals surface area contributed by atoms with Gasteiger partial charge in [0.2, 0.25) is 5.91 Å². The third-order valence-electron chi connectivity index (χ3n) is 7.42. The minimum Gasteiger partial charge on any atom is -0.487 e. The first kappa shape index (κ1) is 32.3. The topological polar surface area (TPSA) is 111 Å². The molecule has 4 amide bonds. The molecule has 0 spiro atoms. The molecule has 3 atom stereocenters. The van der Waals surface area contributed by atoms with E-state index in [1.54, 1.807) is 19.1 Å². The number of fused-ring (bicyclic) bond motifs is 1. The SMILES string of the molecule is C[C@@H]1CN([C@@H](C)CO)C(=O)c2cc(NC(=O)Cc3ccccc3)ccc2O[C@H]1CN(C)C(=O)Nc1ccc(C(F)(F)F)cc1. The number of nitrogens with one attached hydrogen (secondary N) is 2. The normalized spacial score (nSPS) is 17.4. The molecule has 0 saturated heterocycles. The number of halogens is 3. The van der Waals surface area contributed by atoms with Crippen molar-refractivity contribution in [3.63, 3.8) is 0 Å². The second-order valence-electron chi connectivity index (χ2n) is 10.9. The molecular formula is C32H35F3N4O5. The third-order valence-corrected chi connectivity index (χ3v) is 7.42. The van der Waals surface area contributed by atoms with E-state index in [-0.39, 0.29) is 60.8 Å². The molecule has 3 N–H and O–H groups in total. The molecule has 0 aliphatic carbocycles. The summed E-state index contributed by atoms with van der Waals surface area (Å²) in [5, 5.41) is 15.3. The third kappa shape index (κ3) is 8.07. The molecule has 0 radical (unpaired) electrons. The number of carbonyl (C=O) groups is 3. The lowest BCUT2D eigenvalue weighted by atomic mass is 9.99. The van der Waals surface area contributed by atoms with Gasteiger partial charge in [-0.15, -0.1) is 0 Å². The molecule has 3 aromatic rings. The minimum atomic E-state index is -4.49. The Morgan fingerprint density at radius 2 is 1.70 bits per heavy atom. The van der Waals surface area contributed by atoms with Crippen molar-refractivity contribution in [2.24, 2.45) is 5.92 Å². The summed E-state index contributed by atoms with van der Waals surface area (Å²) >= 11 is 0. The molecule has 0 unspecified atom stereocenters. The van der Waals surface area contributed by atoms with Gasteiger partial charge in [0, 0.05) is 30.9 Å². The lowest BCUT2D eigenvalue weighted by Crippen LogP contribution is -2.50. The number of urea groups is 1. The van der Waals surface area contributed by atoms with Gasteiger partial charge in [0.25, 0.3) is 5.91 Å². The van der Waals surface area contributed by atoms with Crippen molar-refractivity contribution in [1.82, 2.24) is 9.80 Å². The van der Waals surface area contributed by atoms with E-state index in [0.29, 0.717) is 5.69 Å². The maximum Gasteiger partial charge on any atom is 0.416 e. The number of nitrogens with zero attached hydrogens (tertiary/aromatic N) is 2. The number of alkyl halides is 3. The average Bonchev–Trinajstić information content (AvgIpc) is 2.99. The van der Waals surface area contributed by atoms with Crippen molar-refractivity contribution in [3.8, 4) is 5.75 Å².